The minimum absolute atomic E-state index is 0.200. The molecule has 2 saturated heterocycles. The third-order valence-electron chi connectivity index (χ3n) is 5.89. The summed E-state index contributed by atoms with van der Waals surface area (Å²) in [5, 5.41) is 11.3. The Kier molecular flexibility index (Phi) is 6.99. The molecule has 0 aliphatic carbocycles. The van der Waals surface area contributed by atoms with Crippen molar-refractivity contribution in [2.45, 2.75) is 43.6 Å². The molecule has 6 atom stereocenters. The zero-order chi connectivity index (χ0) is 23.3. The smallest absolute Gasteiger partial charge is 0.338 e. The fourth-order valence-corrected chi connectivity index (χ4v) is 4.12. The van der Waals surface area contributed by atoms with Crippen LogP contribution in [-0.2, 0) is 30.3 Å². The van der Waals surface area contributed by atoms with Gasteiger partial charge in [-0.25, -0.2) is 4.79 Å². The number of esters is 1. The van der Waals surface area contributed by atoms with Crippen molar-refractivity contribution in [2.24, 2.45) is 0 Å². The van der Waals surface area contributed by atoms with Gasteiger partial charge in [-0.15, -0.1) is 0 Å². The zero-order valence-corrected chi connectivity index (χ0v) is 18.4. The number of ether oxygens (including phenoxy) is 5. The van der Waals surface area contributed by atoms with Crippen molar-refractivity contribution in [3.8, 4) is 0 Å². The quantitative estimate of drug-likeness (QED) is 0.560. The molecule has 2 fully saturated rings. The molecule has 2 aliphatic rings. The van der Waals surface area contributed by atoms with E-state index in [1.807, 2.05) is 66.7 Å². The molecule has 0 aromatic heterocycles. The molecule has 2 heterocycles. The molecule has 2 aliphatic heterocycles. The summed E-state index contributed by atoms with van der Waals surface area (Å²) in [6, 6.07) is 27.6. The van der Waals surface area contributed by atoms with E-state index < -0.39 is 43.0 Å². The van der Waals surface area contributed by atoms with Crippen molar-refractivity contribution in [1.29, 1.82) is 0 Å². The zero-order valence-electron chi connectivity index (χ0n) is 18.4. The van der Waals surface area contributed by atoms with Gasteiger partial charge in [0.15, 0.2) is 18.7 Å². The van der Waals surface area contributed by atoms with Gasteiger partial charge in [-0.05, 0) is 17.7 Å². The second-order valence-corrected chi connectivity index (χ2v) is 8.24. The van der Waals surface area contributed by atoms with E-state index in [4.69, 9.17) is 23.7 Å². The van der Waals surface area contributed by atoms with Crippen LogP contribution < -0.4 is 0 Å². The molecule has 1 unspecified atom stereocenters. The van der Waals surface area contributed by atoms with E-state index in [0.717, 1.165) is 11.1 Å². The van der Waals surface area contributed by atoms with Crippen molar-refractivity contribution in [2.75, 3.05) is 6.61 Å². The van der Waals surface area contributed by atoms with Crippen LogP contribution in [0.25, 0.3) is 0 Å². The molecule has 0 bridgehead atoms. The van der Waals surface area contributed by atoms with Crippen molar-refractivity contribution in [1.82, 2.24) is 0 Å². The Bertz CT molecular complexity index is 1060. The Labute approximate surface area is 197 Å². The molecule has 1 N–H and O–H groups in total. The highest BCUT2D eigenvalue weighted by molar-refractivity contribution is 5.89. The van der Waals surface area contributed by atoms with E-state index in [0.29, 0.717) is 5.56 Å². The van der Waals surface area contributed by atoms with Gasteiger partial charge in [0.05, 0.1) is 18.8 Å². The Hall–Kier alpha value is -3.07. The number of fused-ring (bicyclic) bond motifs is 1. The predicted octanol–water partition coefficient (Wildman–Crippen LogP) is 3.63. The summed E-state index contributed by atoms with van der Waals surface area (Å²) >= 11 is 0. The Morgan fingerprint density at radius 3 is 2.24 bits per heavy atom. The molecule has 176 valence electrons. The van der Waals surface area contributed by atoms with Crippen LogP contribution in [0.15, 0.2) is 91.0 Å². The number of aliphatic hydroxyl groups excluding tert-OH is 1. The summed E-state index contributed by atoms with van der Waals surface area (Å²) in [5.41, 5.74) is 2.12. The first-order valence-corrected chi connectivity index (χ1v) is 11.3. The largest absolute Gasteiger partial charge is 0.450 e. The monoisotopic (exact) mass is 462 g/mol. The lowest BCUT2D eigenvalue weighted by molar-refractivity contribution is -0.362. The number of aliphatic hydroxyl groups is 1. The van der Waals surface area contributed by atoms with Gasteiger partial charge in [0.2, 0.25) is 0 Å². The second-order valence-electron chi connectivity index (χ2n) is 8.24. The maximum Gasteiger partial charge on any atom is 0.338 e. The molecule has 0 saturated carbocycles. The number of hydrogen-bond acceptors (Lipinski definition) is 7. The molecule has 7 heteroatoms. The van der Waals surface area contributed by atoms with Crippen LogP contribution in [0.2, 0.25) is 0 Å². The van der Waals surface area contributed by atoms with Gasteiger partial charge >= 0.3 is 5.97 Å². The number of carbonyl (C=O) groups excluding carboxylic acids is 1. The highest BCUT2D eigenvalue weighted by atomic mass is 16.8. The maximum absolute atomic E-state index is 12.8. The topological polar surface area (TPSA) is 83.5 Å². The van der Waals surface area contributed by atoms with Gasteiger partial charge < -0.3 is 28.8 Å². The Balaban J connectivity index is 1.35. The first-order valence-electron chi connectivity index (χ1n) is 11.3. The molecule has 3 aromatic carbocycles. The highest BCUT2D eigenvalue weighted by Gasteiger charge is 2.51. The first-order chi connectivity index (χ1) is 16.7. The number of hydrogen-bond donors (Lipinski definition) is 1. The first kappa shape index (κ1) is 22.7. The fourth-order valence-electron chi connectivity index (χ4n) is 4.12. The SMILES string of the molecule is O=C(O[C@H]1[C@H](OCc2ccccc2)O[C@@H]2COC(c3ccccc3)O[C@H]2[C@@H]1O)c1ccccc1. The van der Waals surface area contributed by atoms with E-state index in [1.54, 1.807) is 24.3 Å². The third kappa shape index (κ3) is 5.04. The second kappa shape index (κ2) is 10.5. The summed E-state index contributed by atoms with van der Waals surface area (Å²) in [5.74, 6) is -0.577. The molecule has 0 radical (unpaired) electrons. The number of rotatable bonds is 6. The summed E-state index contributed by atoms with van der Waals surface area (Å²) in [6.07, 6.45) is -5.27. The Morgan fingerprint density at radius 2 is 1.53 bits per heavy atom. The van der Waals surface area contributed by atoms with Crippen molar-refractivity contribution < 1.29 is 33.6 Å². The summed E-state index contributed by atoms with van der Waals surface area (Å²) in [4.78, 5) is 12.8. The van der Waals surface area contributed by atoms with Crippen LogP contribution in [-0.4, -0.2) is 48.4 Å². The standard InChI is InChI=1S/C27H26O7/c28-22-23-21(17-31-26(34-23)20-14-8-3-9-15-20)32-27(30-16-18-10-4-1-5-11-18)24(22)33-25(29)19-12-6-2-7-13-19/h1-15,21-24,26-28H,16-17H2/t21-,22+,23-,24-,26?,27-/m1/s1. The minimum Gasteiger partial charge on any atom is -0.450 e. The van der Waals surface area contributed by atoms with Gasteiger partial charge in [0.1, 0.15) is 18.3 Å². The molecular formula is C27H26O7. The molecule has 0 amide bonds. The molecule has 34 heavy (non-hydrogen) atoms. The van der Waals surface area contributed by atoms with Gasteiger partial charge in [-0.2, -0.15) is 0 Å². The van der Waals surface area contributed by atoms with Crippen LogP contribution in [0, 0.1) is 0 Å². The van der Waals surface area contributed by atoms with Crippen molar-refractivity contribution in [3.63, 3.8) is 0 Å². The lowest BCUT2D eigenvalue weighted by Gasteiger charge is -2.47. The van der Waals surface area contributed by atoms with Crippen molar-refractivity contribution >= 4 is 5.97 Å². The molecule has 0 spiro atoms. The predicted molar refractivity (Wildman–Crippen MR) is 122 cm³/mol. The van der Waals surface area contributed by atoms with Crippen molar-refractivity contribution in [3.05, 3.63) is 108 Å². The number of benzene rings is 3. The molecule has 5 rings (SSSR count). The summed E-state index contributed by atoms with van der Waals surface area (Å²) < 4.78 is 29.7. The van der Waals surface area contributed by atoms with E-state index in [-0.39, 0.29) is 13.2 Å². The van der Waals surface area contributed by atoms with Crippen LogP contribution in [0.3, 0.4) is 0 Å². The lowest BCUT2D eigenvalue weighted by atomic mass is 9.97. The average Bonchev–Trinajstić information content (AvgIpc) is 2.90. The van der Waals surface area contributed by atoms with E-state index >= 15 is 0 Å². The van der Waals surface area contributed by atoms with Gasteiger partial charge in [0.25, 0.3) is 0 Å². The van der Waals surface area contributed by atoms with Crippen LogP contribution in [0.5, 0.6) is 0 Å². The molecule has 3 aromatic rings. The third-order valence-corrected chi connectivity index (χ3v) is 5.89. The van der Waals surface area contributed by atoms with E-state index in [2.05, 4.69) is 0 Å². The normalized spacial score (nSPS) is 28.6. The van der Waals surface area contributed by atoms with Gasteiger partial charge in [-0.3, -0.25) is 0 Å². The summed E-state index contributed by atoms with van der Waals surface area (Å²) in [7, 11) is 0. The van der Waals surface area contributed by atoms with Crippen LogP contribution in [0.1, 0.15) is 27.8 Å². The number of carbonyl (C=O) groups is 1. The molecular weight excluding hydrogens is 436 g/mol. The lowest BCUT2D eigenvalue weighted by Crippen LogP contribution is -2.63. The van der Waals surface area contributed by atoms with Gasteiger partial charge in [-0.1, -0.05) is 78.9 Å². The van der Waals surface area contributed by atoms with Crippen LogP contribution in [0.4, 0.5) is 0 Å². The maximum atomic E-state index is 12.8. The van der Waals surface area contributed by atoms with Crippen LogP contribution >= 0.6 is 0 Å². The van der Waals surface area contributed by atoms with E-state index in [1.165, 1.54) is 0 Å². The molecule has 7 nitrogen and oxygen atoms in total. The Morgan fingerprint density at radius 1 is 0.882 bits per heavy atom. The summed E-state index contributed by atoms with van der Waals surface area (Å²) in [6.45, 7) is 0.426. The highest BCUT2D eigenvalue weighted by Crippen LogP contribution is 2.35. The average molecular weight is 462 g/mol. The van der Waals surface area contributed by atoms with E-state index in [9.17, 15) is 9.90 Å². The fraction of sp³-hybridized carbons (Fsp3) is 0.296. The minimum atomic E-state index is -1.18. The van der Waals surface area contributed by atoms with Gasteiger partial charge in [0, 0.05) is 5.56 Å².